The highest BCUT2D eigenvalue weighted by atomic mass is 19.1. The van der Waals surface area contributed by atoms with Crippen LogP contribution in [-0.4, -0.2) is 22.5 Å². The first-order valence-electron chi connectivity index (χ1n) is 6.89. The standard InChI is InChI=1S/C17H16FNO2/c1-17(21)14-8-4-3-7-13(14)16(20)19(17)11-10-12-6-2-5-9-15(12)18/h2-9,21H,10-11H2,1H3/t17-/m0/s1. The Morgan fingerprint density at radius 3 is 2.52 bits per heavy atom. The van der Waals surface area contributed by atoms with E-state index in [1.165, 1.54) is 11.0 Å². The monoisotopic (exact) mass is 285 g/mol. The van der Waals surface area contributed by atoms with E-state index in [9.17, 15) is 14.3 Å². The van der Waals surface area contributed by atoms with Crippen molar-refractivity contribution >= 4 is 5.91 Å². The van der Waals surface area contributed by atoms with Gasteiger partial charge in [-0.05, 0) is 31.0 Å². The summed E-state index contributed by atoms with van der Waals surface area (Å²) in [5.41, 5.74) is 0.301. The average Bonchev–Trinajstić information content (AvgIpc) is 2.67. The third-order valence-corrected chi connectivity index (χ3v) is 4.00. The second-order valence-corrected chi connectivity index (χ2v) is 5.36. The maximum atomic E-state index is 13.7. The highest BCUT2D eigenvalue weighted by Crippen LogP contribution is 2.36. The first-order valence-corrected chi connectivity index (χ1v) is 6.89. The molecular formula is C17H16FNO2. The number of rotatable bonds is 3. The SMILES string of the molecule is C[C@]1(O)c2ccccc2C(=O)N1CCc1ccccc1F. The highest BCUT2D eigenvalue weighted by Gasteiger charge is 2.44. The molecule has 1 heterocycles. The van der Waals surface area contributed by atoms with Crippen LogP contribution in [0.3, 0.4) is 0 Å². The topological polar surface area (TPSA) is 40.5 Å². The minimum absolute atomic E-state index is 0.216. The molecule has 0 fully saturated rings. The van der Waals surface area contributed by atoms with Crippen molar-refractivity contribution in [2.24, 2.45) is 0 Å². The second kappa shape index (κ2) is 4.97. The average molecular weight is 285 g/mol. The summed E-state index contributed by atoms with van der Waals surface area (Å²) in [6.07, 6.45) is 0.364. The van der Waals surface area contributed by atoms with Crippen LogP contribution in [0.5, 0.6) is 0 Å². The Labute approximate surface area is 122 Å². The lowest BCUT2D eigenvalue weighted by Crippen LogP contribution is -2.42. The van der Waals surface area contributed by atoms with E-state index in [-0.39, 0.29) is 18.3 Å². The first kappa shape index (κ1) is 13.8. The van der Waals surface area contributed by atoms with Gasteiger partial charge in [0.25, 0.3) is 5.91 Å². The van der Waals surface area contributed by atoms with Crippen LogP contribution in [0.25, 0.3) is 0 Å². The molecule has 0 saturated heterocycles. The van der Waals surface area contributed by atoms with Crippen LogP contribution in [0, 0.1) is 5.82 Å². The zero-order valence-electron chi connectivity index (χ0n) is 11.7. The minimum atomic E-state index is -1.35. The van der Waals surface area contributed by atoms with Gasteiger partial charge in [0, 0.05) is 17.7 Å². The molecule has 108 valence electrons. The molecule has 0 aromatic heterocycles. The van der Waals surface area contributed by atoms with E-state index < -0.39 is 5.72 Å². The number of amides is 1. The van der Waals surface area contributed by atoms with Gasteiger partial charge in [-0.1, -0.05) is 36.4 Å². The number of carbonyl (C=O) groups excluding carboxylic acids is 1. The second-order valence-electron chi connectivity index (χ2n) is 5.36. The van der Waals surface area contributed by atoms with Crippen molar-refractivity contribution in [1.82, 2.24) is 4.90 Å². The molecule has 1 N–H and O–H groups in total. The van der Waals surface area contributed by atoms with Crippen molar-refractivity contribution in [1.29, 1.82) is 0 Å². The molecule has 1 aliphatic rings. The molecule has 2 aromatic carbocycles. The van der Waals surface area contributed by atoms with Crippen molar-refractivity contribution in [3.05, 3.63) is 71.0 Å². The van der Waals surface area contributed by atoms with Crippen LogP contribution in [0.15, 0.2) is 48.5 Å². The number of fused-ring (bicyclic) bond motifs is 1. The van der Waals surface area contributed by atoms with E-state index in [0.29, 0.717) is 23.1 Å². The number of hydrogen-bond donors (Lipinski definition) is 1. The van der Waals surface area contributed by atoms with Crippen LogP contribution in [0.2, 0.25) is 0 Å². The van der Waals surface area contributed by atoms with Crippen LogP contribution in [0.4, 0.5) is 4.39 Å². The number of benzene rings is 2. The van der Waals surface area contributed by atoms with Gasteiger partial charge >= 0.3 is 0 Å². The Bertz CT molecular complexity index is 697. The quantitative estimate of drug-likeness (QED) is 0.942. The number of aliphatic hydroxyl groups is 1. The van der Waals surface area contributed by atoms with E-state index in [1.807, 2.05) is 0 Å². The molecule has 3 rings (SSSR count). The molecule has 0 unspecified atom stereocenters. The Morgan fingerprint density at radius 1 is 1.14 bits per heavy atom. The molecule has 1 atom stereocenters. The third kappa shape index (κ3) is 2.21. The third-order valence-electron chi connectivity index (χ3n) is 4.00. The summed E-state index contributed by atoms with van der Waals surface area (Å²) < 4.78 is 13.7. The Hall–Kier alpha value is -2.20. The maximum absolute atomic E-state index is 13.7. The molecule has 0 saturated carbocycles. The Kier molecular flexibility index (Phi) is 3.26. The highest BCUT2D eigenvalue weighted by molar-refractivity contribution is 5.99. The molecule has 2 aromatic rings. The Balaban J connectivity index is 1.84. The summed E-state index contributed by atoms with van der Waals surface area (Å²) in [6.45, 7) is 1.86. The van der Waals surface area contributed by atoms with Gasteiger partial charge in [-0.15, -0.1) is 0 Å². The molecule has 0 aliphatic carbocycles. The predicted molar refractivity (Wildman–Crippen MR) is 77.2 cm³/mol. The molecule has 0 radical (unpaired) electrons. The normalized spacial score (nSPS) is 20.7. The number of hydrogen-bond acceptors (Lipinski definition) is 2. The fourth-order valence-electron chi connectivity index (χ4n) is 2.82. The predicted octanol–water partition coefficient (Wildman–Crippen LogP) is 2.69. The van der Waals surface area contributed by atoms with Gasteiger partial charge in [-0.25, -0.2) is 4.39 Å². The van der Waals surface area contributed by atoms with Gasteiger partial charge in [0.2, 0.25) is 0 Å². The molecule has 0 spiro atoms. The zero-order valence-corrected chi connectivity index (χ0v) is 11.7. The fraction of sp³-hybridized carbons (Fsp3) is 0.235. The molecule has 1 amide bonds. The largest absolute Gasteiger partial charge is 0.367 e. The summed E-state index contributed by atoms with van der Waals surface area (Å²) >= 11 is 0. The maximum Gasteiger partial charge on any atom is 0.256 e. The minimum Gasteiger partial charge on any atom is -0.367 e. The fourth-order valence-corrected chi connectivity index (χ4v) is 2.82. The smallest absolute Gasteiger partial charge is 0.256 e. The van der Waals surface area contributed by atoms with Crippen molar-refractivity contribution in [2.45, 2.75) is 19.1 Å². The van der Waals surface area contributed by atoms with E-state index in [1.54, 1.807) is 49.4 Å². The van der Waals surface area contributed by atoms with Gasteiger partial charge < -0.3 is 10.0 Å². The molecule has 21 heavy (non-hydrogen) atoms. The van der Waals surface area contributed by atoms with Crippen molar-refractivity contribution < 1.29 is 14.3 Å². The van der Waals surface area contributed by atoms with Crippen LogP contribution in [-0.2, 0) is 12.1 Å². The van der Waals surface area contributed by atoms with Crippen molar-refractivity contribution in [3.8, 4) is 0 Å². The molecule has 0 bridgehead atoms. The zero-order chi connectivity index (χ0) is 15.0. The molecule has 1 aliphatic heterocycles. The van der Waals surface area contributed by atoms with Crippen molar-refractivity contribution in [3.63, 3.8) is 0 Å². The van der Waals surface area contributed by atoms with E-state index in [4.69, 9.17) is 0 Å². The van der Waals surface area contributed by atoms with E-state index in [2.05, 4.69) is 0 Å². The van der Waals surface area contributed by atoms with Crippen LogP contribution < -0.4 is 0 Å². The molecule has 3 nitrogen and oxygen atoms in total. The summed E-state index contributed by atoms with van der Waals surface area (Å²) in [6, 6.07) is 13.5. The molecule has 4 heteroatoms. The lowest BCUT2D eigenvalue weighted by Gasteiger charge is -2.30. The van der Waals surface area contributed by atoms with Crippen LogP contribution in [0.1, 0.15) is 28.4 Å². The number of nitrogens with zero attached hydrogens (tertiary/aromatic N) is 1. The van der Waals surface area contributed by atoms with Gasteiger partial charge in [0.1, 0.15) is 5.82 Å². The number of carbonyl (C=O) groups is 1. The Morgan fingerprint density at radius 2 is 1.81 bits per heavy atom. The van der Waals surface area contributed by atoms with Gasteiger partial charge in [0.15, 0.2) is 5.72 Å². The number of halogens is 1. The lowest BCUT2D eigenvalue weighted by atomic mass is 10.0. The summed E-state index contributed by atoms with van der Waals surface area (Å²) in [5, 5.41) is 10.6. The van der Waals surface area contributed by atoms with E-state index >= 15 is 0 Å². The van der Waals surface area contributed by atoms with Gasteiger partial charge in [-0.2, -0.15) is 0 Å². The molecular weight excluding hydrogens is 269 g/mol. The lowest BCUT2D eigenvalue weighted by molar-refractivity contribution is -0.0679. The summed E-state index contributed by atoms with van der Waals surface area (Å²) in [7, 11) is 0. The van der Waals surface area contributed by atoms with Gasteiger partial charge in [-0.3, -0.25) is 4.79 Å². The summed E-state index contributed by atoms with van der Waals surface area (Å²) in [4.78, 5) is 13.8. The van der Waals surface area contributed by atoms with Crippen LogP contribution >= 0.6 is 0 Å². The van der Waals surface area contributed by atoms with E-state index in [0.717, 1.165) is 0 Å². The first-order chi connectivity index (χ1) is 10.0. The van der Waals surface area contributed by atoms with Gasteiger partial charge in [0.05, 0.1) is 0 Å². The van der Waals surface area contributed by atoms with Crippen molar-refractivity contribution in [2.75, 3.05) is 6.54 Å². The summed E-state index contributed by atoms with van der Waals surface area (Å²) in [5.74, 6) is -0.506.